The number of aryl methyl sites for hydroxylation is 2. The second-order valence-corrected chi connectivity index (χ2v) is 9.99. The van der Waals surface area contributed by atoms with Gasteiger partial charge in [-0.15, -0.1) is 21.5 Å². The van der Waals surface area contributed by atoms with Crippen LogP contribution in [0, 0.1) is 13.8 Å². The van der Waals surface area contributed by atoms with Crippen molar-refractivity contribution in [3.05, 3.63) is 70.1 Å². The smallest absolute Gasteiger partial charge is 0.251 e. The summed E-state index contributed by atoms with van der Waals surface area (Å²) in [6.07, 6.45) is 4.12. The van der Waals surface area contributed by atoms with Gasteiger partial charge in [0.25, 0.3) is 5.91 Å². The molecule has 0 radical (unpaired) electrons. The minimum absolute atomic E-state index is 0.130. The van der Waals surface area contributed by atoms with E-state index < -0.39 is 6.04 Å². The zero-order valence-electron chi connectivity index (χ0n) is 20.3. The molecule has 9 nitrogen and oxygen atoms in total. The molecular formula is C26H28N6O3S. The molecule has 0 aliphatic heterocycles. The van der Waals surface area contributed by atoms with Gasteiger partial charge in [-0.1, -0.05) is 37.1 Å². The first-order valence-electron chi connectivity index (χ1n) is 12.1. The number of rotatable bonds is 8. The molecule has 1 atom stereocenters. The molecule has 3 heterocycles. The minimum atomic E-state index is -0.810. The van der Waals surface area contributed by atoms with E-state index in [0.717, 1.165) is 41.9 Å². The highest BCUT2D eigenvalue weighted by atomic mass is 32.1. The Kier molecular flexibility index (Phi) is 6.95. The maximum Gasteiger partial charge on any atom is 0.251 e. The van der Waals surface area contributed by atoms with Gasteiger partial charge in [0.2, 0.25) is 11.7 Å². The molecule has 4 aromatic rings. The van der Waals surface area contributed by atoms with Crippen molar-refractivity contribution < 1.29 is 14.0 Å². The predicted molar refractivity (Wildman–Crippen MR) is 136 cm³/mol. The number of aromatic nitrogens is 4. The van der Waals surface area contributed by atoms with Crippen molar-refractivity contribution in [2.75, 3.05) is 4.90 Å². The first-order chi connectivity index (χ1) is 17.5. The van der Waals surface area contributed by atoms with Crippen LogP contribution < -0.4 is 10.2 Å². The summed E-state index contributed by atoms with van der Waals surface area (Å²) < 4.78 is 5.58. The van der Waals surface area contributed by atoms with E-state index in [9.17, 15) is 9.59 Å². The summed E-state index contributed by atoms with van der Waals surface area (Å²) in [5.41, 5.74) is 1.56. The van der Waals surface area contributed by atoms with Crippen LogP contribution >= 0.6 is 11.3 Å². The molecule has 0 bridgehead atoms. The van der Waals surface area contributed by atoms with Gasteiger partial charge in [-0.05, 0) is 67.1 Å². The monoisotopic (exact) mass is 504 g/mol. The van der Waals surface area contributed by atoms with Gasteiger partial charge in [0, 0.05) is 16.6 Å². The third kappa shape index (κ3) is 5.08. The van der Waals surface area contributed by atoms with Crippen molar-refractivity contribution in [2.45, 2.75) is 58.2 Å². The van der Waals surface area contributed by atoms with E-state index in [1.807, 2.05) is 61.7 Å². The molecule has 1 aromatic carbocycles. The van der Waals surface area contributed by atoms with Gasteiger partial charge in [-0.25, -0.2) is 0 Å². The van der Waals surface area contributed by atoms with Crippen LogP contribution in [0.15, 0.2) is 58.3 Å². The molecule has 0 spiro atoms. The maximum absolute atomic E-state index is 13.9. The number of carbonyl (C=O) groups excluding carboxylic acids is 2. The van der Waals surface area contributed by atoms with E-state index in [0.29, 0.717) is 17.3 Å². The molecule has 1 aliphatic rings. The van der Waals surface area contributed by atoms with Crippen LogP contribution in [0.3, 0.4) is 0 Å². The van der Waals surface area contributed by atoms with Gasteiger partial charge < -0.3 is 9.73 Å². The Bertz CT molecular complexity index is 1340. The summed E-state index contributed by atoms with van der Waals surface area (Å²) in [4.78, 5) is 31.2. The van der Waals surface area contributed by atoms with Crippen LogP contribution in [0.1, 0.15) is 47.9 Å². The quantitative estimate of drug-likeness (QED) is 0.380. The number of tetrazole rings is 1. The van der Waals surface area contributed by atoms with Crippen LogP contribution in [0.25, 0.3) is 11.6 Å². The van der Waals surface area contributed by atoms with Gasteiger partial charge in [0.15, 0.2) is 5.76 Å². The highest BCUT2D eigenvalue weighted by Crippen LogP contribution is 2.33. The second kappa shape index (κ2) is 10.4. The lowest BCUT2D eigenvalue weighted by Gasteiger charge is -2.32. The molecule has 0 saturated heterocycles. The number of furan rings is 1. The Morgan fingerprint density at radius 3 is 2.64 bits per heavy atom. The first kappa shape index (κ1) is 23.9. The molecule has 5 rings (SSSR count). The summed E-state index contributed by atoms with van der Waals surface area (Å²) in [7, 11) is 0. The predicted octanol–water partition coefficient (Wildman–Crippen LogP) is 4.44. The molecule has 1 fully saturated rings. The minimum Gasteiger partial charge on any atom is -0.458 e. The fourth-order valence-electron chi connectivity index (χ4n) is 4.58. The lowest BCUT2D eigenvalue weighted by atomic mass is 10.1. The fraction of sp³-hybridized carbons (Fsp3) is 0.346. The molecular weight excluding hydrogens is 476 g/mol. The Morgan fingerprint density at radius 1 is 1.14 bits per heavy atom. The van der Waals surface area contributed by atoms with Gasteiger partial charge in [0.05, 0.1) is 0 Å². The molecule has 186 valence electrons. The maximum atomic E-state index is 13.9. The van der Waals surface area contributed by atoms with E-state index in [2.05, 4.69) is 20.7 Å². The summed E-state index contributed by atoms with van der Waals surface area (Å²) in [5.74, 6) is 1.01. The molecule has 1 saturated carbocycles. The van der Waals surface area contributed by atoms with Crippen LogP contribution in [0.4, 0.5) is 5.69 Å². The van der Waals surface area contributed by atoms with E-state index in [1.54, 1.807) is 11.0 Å². The summed E-state index contributed by atoms with van der Waals surface area (Å²) in [6, 6.07) is 14.3. The molecule has 3 aromatic heterocycles. The molecule has 10 heteroatoms. The number of nitrogens with one attached hydrogen (secondary N) is 1. The fourth-order valence-corrected chi connectivity index (χ4v) is 5.40. The largest absolute Gasteiger partial charge is 0.458 e. The Labute approximate surface area is 213 Å². The number of para-hydroxylation sites is 1. The lowest BCUT2D eigenvalue weighted by molar-refractivity contribution is -0.127. The van der Waals surface area contributed by atoms with Crippen molar-refractivity contribution in [2.24, 2.45) is 0 Å². The van der Waals surface area contributed by atoms with Crippen molar-refractivity contribution in [1.82, 2.24) is 25.5 Å². The summed E-state index contributed by atoms with van der Waals surface area (Å²) in [5, 5.41) is 17.6. The average molecular weight is 505 g/mol. The number of benzene rings is 1. The third-order valence-electron chi connectivity index (χ3n) is 6.35. The van der Waals surface area contributed by atoms with Gasteiger partial charge in [0.1, 0.15) is 18.3 Å². The van der Waals surface area contributed by atoms with Gasteiger partial charge in [-0.3, -0.25) is 14.5 Å². The third-order valence-corrected chi connectivity index (χ3v) is 7.28. The summed E-state index contributed by atoms with van der Waals surface area (Å²) >= 11 is 1.46. The lowest BCUT2D eigenvalue weighted by Crippen LogP contribution is -2.47. The number of amides is 2. The Hall–Kier alpha value is -3.79. The van der Waals surface area contributed by atoms with E-state index in [4.69, 9.17) is 4.42 Å². The zero-order chi connectivity index (χ0) is 25.1. The molecule has 2 amide bonds. The van der Waals surface area contributed by atoms with Crippen LogP contribution in [-0.4, -0.2) is 38.1 Å². The normalized spacial score (nSPS) is 14.6. The molecule has 0 unspecified atom stereocenters. The van der Waals surface area contributed by atoms with Crippen molar-refractivity contribution >= 4 is 28.8 Å². The number of hydrogen-bond donors (Lipinski definition) is 1. The Balaban J connectivity index is 1.48. The van der Waals surface area contributed by atoms with Crippen LogP contribution in [0.5, 0.6) is 0 Å². The first-order valence-corrected chi connectivity index (χ1v) is 12.9. The SMILES string of the molecule is Cc1ccc(-c2nnn(CC(=O)N(c3ccccc3C)[C@@H](C(=O)NC3CCCC3)c3cccs3)n2)o1. The number of nitrogens with zero attached hydrogens (tertiary/aromatic N) is 5. The van der Waals surface area contributed by atoms with Gasteiger partial charge in [-0.2, -0.15) is 4.80 Å². The van der Waals surface area contributed by atoms with E-state index in [-0.39, 0.29) is 24.4 Å². The number of anilines is 1. The topological polar surface area (TPSA) is 106 Å². The van der Waals surface area contributed by atoms with Crippen molar-refractivity contribution in [1.29, 1.82) is 0 Å². The highest BCUT2D eigenvalue weighted by Gasteiger charge is 2.36. The van der Waals surface area contributed by atoms with E-state index in [1.165, 1.54) is 16.1 Å². The van der Waals surface area contributed by atoms with Crippen molar-refractivity contribution in [3.8, 4) is 11.6 Å². The summed E-state index contributed by atoms with van der Waals surface area (Å²) in [6.45, 7) is 3.58. The van der Waals surface area contributed by atoms with Crippen LogP contribution in [-0.2, 0) is 16.1 Å². The molecule has 1 N–H and O–H groups in total. The van der Waals surface area contributed by atoms with Crippen molar-refractivity contribution in [3.63, 3.8) is 0 Å². The van der Waals surface area contributed by atoms with E-state index >= 15 is 0 Å². The molecule has 36 heavy (non-hydrogen) atoms. The molecule has 1 aliphatic carbocycles. The number of carbonyl (C=O) groups is 2. The number of thiophene rings is 1. The average Bonchev–Trinajstić information content (AvgIpc) is 3.66. The second-order valence-electron chi connectivity index (χ2n) is 9.01. The number of hydrogen-bond acceptors (Lipinski definition) is 7. The van der Waals surface area contributed by atoms with Gasteiger partial charge >= 0.3 is 0 Å². The zero-order valence-corrected chi connectivity index (χ0v) is 21.1. The van der Waals surface area contributed by atoms with Crippen LogP contribution in [0.2, 0.25) is 0 Å². The highest BCUT2D eigenvalue weighted by molar-refractivity contribution is 7.10. The Morgan fingerprint density at radius 2 is 1.94 bits per heavy atom. The standard InChI is InChI=1S/C26H28N6O3S/c1-17-8-3-6-11-20(17)32(23(33)16-31-29-25(28-30-31)21-14-13-18(2)35-21)24(22-12-7-15-36-22)26(34)27-19-9-4-5-10-19/h3,6-8,11-15,19,24H,4-5,9-10,16H2,1-2H3,(H,27,34)/t24-/m1/s1.